The Morgan fingerprint density at radius 3 is 1.79 bits per heavy atom. The summed E-state index contributed by atoms with van der Waals surface area (Å²) in [7, 11) is 0. The fourth-order valence-corrected chi connectivity index (χ4v) is 9.34. The molecular formula is C57H42N4O. The summed E-state index contributed by atoms with van der Waals surface area (Å²) in [6.07, 6.45) is 3.08. The van der Waals surface area contributed by atoms with E-state index in [1.54, 1.807) is 0 Å². The average Bonchev–Trinajstić information content (AvgIpc) is 3.63. The van der Waals surface area contributed by atoms with Crippen LogP contribution in [0.5, 0.6) is 11.5 Å². The number of para-hydroxylation sites is 2. The van der Waals surface area contributed by atoms with Crippen LogP contribution in [0.4, 0.5) is 0 Å². The Bertz CT molecular complexity index is 3060. The van der Waals surface area contributed by atoms with Crippen LogP contribution in [0.2, 0.25) is 0 Å². The zero-order valence-corrected chi connectivity index (χ0v) is 33.9. The number of hydrogen-bond acceptors (Lipinski definition) is 5. The van der Waals surface area contributed by atoms with Crippen LogP contribution < -0.4 is 15.8 Å². The van der Waals surface area contributed by atoms with Crippen molar-refractivity contribution >= 4 is 6.21 Å². The van der Waals surface area contributed by atoms with Gasteiger partial charge in [-0.25, -0.2) is 0 Å². The largest absolute Gasteiger partial charge is 0.457 e. The molecule has 5 nitrogen and oxygen atoms in total. The molecule has 296 valence electrons. The first kappa shape index (κ1) is 37.3. The number of nitrogens with one attached hydrogen (secondary N) is 1. The van der Waals surface area contributed by atoms with Crippen molar-refractivity contribution in [1.82, 2.24) is 10.3 Å². The Morgan fingerprint density at radius 1 is 0.484 bits per heavy atom. The van der Waals surface area contributed by atoms with Crippen LogP contribution in [-0.4, -0.2) is 11.2 Å². The van der Waals surface area contributed by atoms with Gasteiger partial charge in [0.2, 0.25) is 0 Å². The summed E-state index contributed by atoms with van der Waals surface area (Å²) >= 11 is 0. The number of aromatic nitrogens is 1. The molecule has 5 heteroatoms. The van der Waals surface area contributed by atoms with Gasteiger partial charge < -0.3 is 10.5 Å². The molecule has 1 aliphatic heterocycles. The minimum absolute atomic E-state index is 0.374. The van der Waals surface area contributed by atoms with Gasteiger partial charge >= 0.3 is 0 Å². The molecule has 0 fully saturated rings. The third kappa shape index (κ3) is 6.52. The van der Waals surface area contributed by atoms with Crippen molar-refractivity contribution in [2.24, 2.45) is 10.7 Å². The van der Waals surface area contributed by atoms with E-state index in [-0.39, 0.29) is 6.17 Å². The molecule has 2 aliphatic rings. The van der Waals surface area contributed by atoms with E-state index in [2.05, 4.69) is 163 Å². The lowest BCUT2D eigenvalue weighted by molar-refractivity contribution is 0.434. The summed E-state index contributed by atoms with van der Waals surface area (Å²) in [4.78, 5) is 10.2. The molecule has 11 rings (SSSR count). The summed E-state index contributed by atoms with van der Waals surface area (Å²) in [5.41, 5.74) is 22.7. The van der Waals surface area contributed by atoms with Gasteiger partial charge in [0.1, 0.15) is 17.7 Å². The normalized spacial score (nSPS) is 14.0. The molecule has 0 amide bonds. The number of nitrogens with two attached hydrogens (primary N) is 1. The number of rotatable bonds is 9. The summed E-state index contributed by atoms with van der Waals surface area (Å²) in [5.74, 6) is 1.71. The van der Waals surface area contributed by atoms with E-state index >= 15 is 0 Å². The second-order valence-electron chi connectivity index (χ2n) is 15.9. The second kappa shape index (κ2) is 15.7. The maximum Gasteiger partial charge on any atom is 0.132 e. The predicted molar refractivity (Wildman–Crippen MR) is 251 cm³/mol. The monoisotopic (exact) mass is 798 g/mol. The molecule has 62 heavy (non-hydrogen) atoms. The molecule has 0 saturated heterocycles. The molecule has 3 N–H and O–H groups in total. The van der Waals surface area contributed by atoms with E-state index < -0.39 is 11.6 Å². The van der Waals surface area contributed by atoms with Crippen molar-refractivity contribution in [3.63, 3.8) is 0 Å². The van der Waals surface area contributed by atoms with Crippen LogP contribution in [0.15, 0.2) is 224 Å². The third-order valence-corrected chi connectivity index (χ3v) is 12.3. The van der Waals surface area contributed by atoms with Gasteiger partial charge in [-0.15, -0.1) is 0 Å². The average molecular weight is 799 g/mol. The van der Waals surface area contributed by atoms with Crippen molar-refractivity contribution < 1.29 is 4.74 Å². The van der Waals surface area contributed by atoms with Gasteiger partial charge in [0.05, 0.1) is 17.3 Å². The molecule has 0 bridgehead atoms. The lowest BCUT2D eigenvalue weighted by Crippen LogP contribution is -2.33. The number of nitrogens with zero attached hydrogens (tertiary/aromatic N) is 2. The van der Waals surface area contributed by atoms with Gasteiger partial charge in [0, 0.05) is 29.1 Å². The van der Waals surface area contributed by atoms with Gasteiger partial charge in [0.25, 0.3) is 0 Å². The highest BCUT2D eigenvalue weighted by Gasteiger charge is 2.52. The van der Waals surface area contributed by atoms with Crippen LogP contribution in [-0.2, 0) is 5.41 Å². The summed E-state index contributed by atoms with van der Waals surface area (Å²) < 4.78 is 6.54. The van der Waals surface area contributed by atoms with Crippen molar-refractivity contribution in [2.45, 2.75) is 17.7 Å². The number of pyridine rings is 1. The number of ether oxygens (including phenoxy) is 1. The van der Waals surface area contributed by atoms with E-state index in [1.165, 1.54) is 16.7 Å². The third-order valence-electron chi connectivity index (χ3n) is 12.3. The highest BCUT2D eigenvalue weighted by atomic mass is 16.5. The molecule has 2 unspecified atom stereocenters. The molecule has 0 radical (unpaired) electrons. The van der Waals surface area contributed by atoms with Crippen LogP contribution in [0.25, 0.3) is 44.5 Å². The Kier molecular flexibility index (Phi) is 9.46. The van der Waals surface area contributed by atoms with E-state index in [9.17, 15) is 0 Å². The van der Waals surface area contributed by atoms with Gasteiger partial charge in [0.15, 0.2) is 0 Å². The molecule has 0 saturated carbocycles. The Hall–Kier alpha value is -7.70. The minimum Gasteiger partial charge on any atom is -0.457 e. The maximum absolute atomic E-state index is 6.73. The molecule has 2 heterocycles. The Morgan fingerprint density at radius 2 is 1.06 bits per heavy atom. The number of fused-ring (bicyclic) bond motifs is 9. The molecule has 8 aromatic carbocycles. The van der Waals surface area contributed by atoms with Crippen molar-refractivity contribution in [2.75, 3.05) is 0 Å². The Labute approximate surface area is 361 Å². The fourth-order valence-electron chi connectivity index (χ4n) is 9.34. The number of aliphatic imine (C=N–C) groups is 1. The van der Waals surface area contributed by atoms with Crippen molar-refractivity contribution in [3.8, 4) is 56.0 Å². The quantitative estimate of drug-likeness (QED) is 0.113. The molecule has 1 aromatic heterocycles. The maximum atomic E-state index is 6.73. The molecule has 9 aromatic rings. The zero-order chi connectivity index (χ0) is 41.5. The van der Waals surface area contributed by atoms with Crippen LogP contribution in [0, 0.1) is 0 Å². The highest BCUT2D eigenvalue weighted by Crippen LogP contribution is 2.61. The minimum atomic E-state index is -0.625. The fraction of sp³-hybridized carbons (Fsp3) is 0.0526. The summed E-state index contributed by atoms with van der Waals surface area (Å²) in [5, 5.41) is 3.58. The van der Waals surface area contributed by atoms with Crippen LogP contribution in [0.1, 0.15) is 51.4 Å². The molecular weight excluding hydrogens is 757 g/mol. The van der Waals surface area contributed by atoms with Crippen LogP contribution >= 0.6 is 0 Å². The van der Waals surface area contributed by atoms with E-state index in [1.807, 2.05) is 67.0 Å². The van der Waals surface area contributed by atoms with Gasteiger partial charge in [-0.2, -0.15) is 0 Å². The van der Waals surface area contributed by atoms with Gasteiger partial charge in [-0.3, -0.25) is 15.3 Å². The molecule has 1 aliphatic carbocycles. The van der Waals surface area contributed by atoms with Crippen LogP contribution in [0.3, 0.4) is 0 Å². The topological polar surface area (TPSA) is 72.5 Å². The summed E-state index contributed by atoms with van der Waals surface area (Å²) in [6.45, 7) is 0. The Balaban J connectivity index is 0.936. The highest BCUT2D eigenvalue weighted by molar-refractivity contribution is 5.90. The van der Waals surface area contributed by atoms with Gasteiger partial charge in [-0.05, 0) is 97.6 Å². The van der Waals surface area contributed by atoms with E-state index in [0.717, 1.165) is 78.4 Å². The smallest absolute Gasteiger partial charge is 0.132 e. The first-order chi connectivity index (χ1) is 30.6. The summed E-state index contributed by atoms with van der Waals surface area (Å²) in [6, 6.07) is 74.4. The zero-order valence-electron chi connectivity index (χ0n) is 33.9. The number of benzene rings is 8. The lowest BCUT2D eigenvalue weighted by atomic mass is 9.67. The van der Waals surface area contributed by atoms with Gasteiger partial charge in [-0.1, -0.05) is 176 Å². The SMILES string of the molecule is NC(NC(N=Cc1cccc(-c2cccc(-c3ccc4c(c3)C3(c5ccccc5Oc5ccccc53)c3ncccc3-4)c2)c1)c1ccc(-c2ccccc2)cc1)c1ccccc1. The van der Waals surface area contributed by atoms with E-state index in [0.29, 0.717) is 0 Å². The first-order valence-electron chi connectivity index (χ1n) is 21.1. The molecule has 1 spiro atoms. The number of hydrogen-bond donors (Lipinski definition) is 2. The van der Waals surface area contributed by atoms with E-state index in [4.69, 9.17) is 20.4 Å². The standard InChI is InChI=1S/C57H42N4O/c58-55(41-17-5-2-6-18-41)61-56(42-29-27-40(28-30-42)39-15-3-1-4-16-39)60-37-38-14-11-19-43(34-38)44-20-12-21-45(35-44)46-31-32-47-48-22-13-33-59-54(48)57(51(47)36-46)49-23-7-9-25-52(49)62-53-26-10-8-24-50(53)57/h1-37,55-56,61H,58H2. The van der Waals surface area contributed by atoms with Crippen molar-refractivity contribution in [3.05, 3.63) is 258 Å². The molecule has 2 atom stereocenters. The predicted octanol–water partition coefficient (Wildman–Crippen LogP) is 12.9. The lowest BCUT2D eigenvalue weighted by Gasteiger charge is -2.38. The second-order valence-corrected chi connectivity index (χ2v) is 15.9. The van der Waals surface area contributed by atoms with Crippen molar-refractivity contribution in [1.29, 1.82) is 0 Å². The first-order valence-corrected chi connectivity index (χ1v) is 21.1.